The van der Waals surface area contributed by atoms with Gasteiger partial charge in [-0.2, -0.15) is 13.2 Å². The number of thiocarbonyl (C=S) groups is 1. The Morgan fingerprint density at radius 3 is 2.46 bits per heavy atom. The van der Waals surface area contributed by atoms with E-state index in [-0.39, 0.29) is 15.8 Å². The first kappa shape index (κ1) is 18.9. The molecule has 3 nitrogen and oxygen atoms in total. The highest BCUT2D eigenvalue weighted by atomic mass is 127. The Bertz CT molecular complexity index is 799. The van der Waals surface area contributed by atoms with Gasteiger partial charge in [0.15, 0.2) is 5.11 Å². The predicted molar refractivity (Wildman–Crippen MR) is 99.3 cm³/mol. The summed E-state index contributed by atoms with van der Waals surface area (Å²) in [5.74, 6) is -0.514. The SMILES string of the molecule is O=C(NC(=S)Nc1ccc(Cl)cc1C(F)(F)F)c1ccccc1I. The second-order valence-electron chi connectivity index (χ2n) is 4.58. The second kappa shape index (κ2) is 7.66. The average molecular weight is 485 g/mol. The lowest BCUT2D eigenvalue weighted by molar-refractivity contribution is -0.136. The van der Waals surface area contributed by atoms with Crippen LogP contribution in [0.3, 0.4) is 0 Å². The van der Waals surface area contributed by atoms with Crippen LogP contribution >= 0.6 is 46.4 Å². The highest BCUT2D eigenvalue weighted by Gasteiger charge is 2.34. The molecule has 2 rings (SSSR count). The monoisotopic (exact) mass is 484 g/mol. The first-order valence-corrected chi connectivity index (χ1v) is 8.28. The van der Waals surface area contributed by atoms with Crippen molar-refractivity contribution < 1.29 is 18.0 Å². The van der Waals surface area contributed by atoms with E-state index < -0.39 is 17.6 Å². The minimum Gasteiger partial charge on any atom is -0.332 e. The fraction of sp³-hybridized carbons (Fsp3) is 0.0667. The number of amides is 1. The van der Waals surface area contributed by atoms with Gasteiger partial charge in [-0.05, 0) is 65.1 Å². The fourth-order valence-electron chi connectivity index (χ4n) is 1.83. The van der Waals surface area contributed by atoms with Crippen LogP contribution in [-0.2, 0) is 6.18 Å². The van der Waals surface area contributed by atoms with E-state index in [1.54, 1.807) is 24.3 Å². The molecule has 0 radical (unpaired) electrons. The Morgan fingerprint density at radius 1 is 1.17 bits per heavy atom. The molecule has 2 aromatic rings. The van der Waals surface area contributed by atoms with E-state index in [0.717, 1.165) is 12.1 Å². The molecule has 24 heavy (non-hydrogen) atoms. The third-order valence-electron chi connectivity index (χ3n) is 2.88. The second-order valence-corrected chi connectivity index (χ2v) is 6.58. The Balaban J connectivity index is 2.16. The summed E-state index contributed by atoms with van der Waals surface area (Å²) < 4.78 is 39.8. The van der Waals surface area contributed by atoms with Crippen molar-refractivity contribution >= 4 is 63.1 Å². The molecule has 0 atom stereocenters. The quantitative estimate of drug-likeness (QED) is 0.461. The van der Waals surface area contributed by atoms with Gasteiger partial charge in [-0.15, -0.1) is 0 Å². The molecule has 1 amide bonds. The van der Waals surface area contributed by atoms with Crippen LogP contribution in [0.25, 0.3) is 0 Å². The third-order valence-corrected chi connectivity index (χ3v) is 4.26. The van der Waals surface area contributed by atoms with Crippen molar-refractivity contribution in [1.82, 2.24) is 5.32 Å². The molecule has 0 fully saturated rings. The molecule has 0 unspecified atom stereocenters. The van der Waals surface area contributed by atoms with Crippen molar-refractivity contribution in [2.24, 2.45) is 0 Å². The maximum absolute atomic E-state index is 13.0. The first-order chi connectivity index (χ1) is 11.2. The summed E-state index contributed by atoms with van der Waals surface area (Å²) in [6.07, 6.45) is -4.61. The van der Waals surface area contributed by atoms with Crippen LogP contribution in [0.5, 0.6) is 0 Å². The van der Waals surface area contributed by atoms with Gasteiger partial charge in [0.25, 0.3) is 5.91 Å². The topological polar surface area (TPSA) is 41.1 Å². The van der Waals surface area contributed by atoms with Crippen molar-refractivity contribution in [1.29, 1.82) is 0 Å². The summed E-state index contributed by atoms with van der Waals surface area (Å²) in [6, 6.07) is 9.98. The highest BCUT2D eigenvalue weighted by molar-refractivity contribution is 14.1. The molecule has 0 aromatic heterocycles. The van der Waals surface area contributed by atoms with Gasteiger partial charge in [-0.3, -0.25) is 10.1 Å². The molecule has 2 N–H and O–H groups in total. The predicted octanol–water partition coefficient (Wildman–Crippen LogP) is 5.09. The molecule has 0 aliphatic rings. The van der Waals surface area contributed by atoms with Gasteiger partial charge in [0, 0.05) is 8.59 Å². The van der Waals surface area contributed by atoms with Crippen LogP contribution in [0.4, 0.5) is 18.9 Å². The van der Waals surface area contributed by atoms with Crippen LogP contribution in [0.15, 0.2) is 42.5 Å². The van der Waals surface area contributed by atoms with Gasteiger partial charge >= 0.3 is 6.18 Å². The zero-order valence-corrected chi connectivity index (χ0v) is 15.5. The third kappa shape index (κ3) is 4.81. The Morgan fingerprint density at radius 2 is 1.83 bits per heavy atom. The van der Waals surface area contributed by atoms with Crippen LogP contribution in [0.1, 0.15) is 15.9 Å². The highest BCUT2D eigenvalue weighted by Crippen LogP contribution is 2.36. The molecule has 0 saturated carbocycles. The lowest BCUT2D eigenvalue weighted by atomic mass is 10.1. The minimum atomic E-state index is -4.61. The van der Waals surface area contributed by atoms with Crippen LogP contribution in [0, 0.1) is 3.57 Å². The van der Waals surface area contributed by atoms with Gasteiger partial charge in [0.1, 0.15) is 0 Å². The largest absolute Gasteiger partial charge is 0.418 e. The number of alkyl halides is 3. The molecule has 9 heteroatoms. The number of nitrogens with one attached hydrogen (secondary N) is 2. The summed E-state index contributed by atoms with van der Waals surface area (Å²) in [6.45, 7) is 0. The maximum atomic E-state index is 13.0. The molecule has 126 valence electrons. The number of carbonyl (C=O) groups is 1. The van der Waals surface area contributed by atoms with Gasteiger partial charge in [0.2, 0.25) is 0 Å². The summed E-state index contributed by atoms with van der Waals surface area (Å²) in [7, 11) is 0. The number of halogens is 5. The van der Waals surface area contributed by atoms with Crippen molar-refractivity contribution in [3.63, 3.8) is 0 Å². The molecule has 2 aromatic carbocycles. The normalized spacial score (nSPS) is 11.0. The first-order valence-electron chi connectivity index (χ1n) is 6.42. The van der Waals surface area contributed by atoms with Gasteiger partial charge in [-0.25, -0.2) is 0 Å². The molecular weight excluding hydrogens is 476 g/mol. The fourth-order valence-corrected chi connectivity index (χ4v) is 2.84. The van der Waals surface area contributed by atoms with E-state index in [4.69, 9.17) is 23.8 Å². The van der Waals surface area contributed by atoms with Crippen molar-refractivity contribution in [2.45, 2.75) is 6.18 Å². The maximum Gasteiger partial charge on any atom is 0.418 e. The summed E-state index contributed by atoms with van der Waals surface area (Å²) >= 11 is 12.5. The van der Waals surface area contributed by atoms with E-state index >= 15 is 0 Å². The molecule has 0 heterocycles. The smallest absolute Gasteiger partial charge is 0.332 e. The number of carbonyl (C=O) groups excluding carboxylic acids is 1. The van der Waals surface area contributed by atoms with Crippen molar-refractivity contribution in [2.75, 3.05) is 5.32 Å². The van der Waals surface area contributed by atoms with Crippen LogP contribution in [-0.4, -0.2) is 11.0 Å². The summed E-state index contributed by atoms with van der Waals surface area (Å²) in [5, 5.41) is 4.44. The van der Waals surface area contributed by atoms with Gasteiger partial charge < -0.3 is 5.32 Å². The number of benzene rings is 2. The molecular formula is C15H9ClF3IN2OS. The average Bonchev–Trinajstić information content (AvgIpc) is 2.48. The van der Waals surface area contributed by atoms with Crippen LogP contribution < -0.4 is 10.6 Å². The van der Waals surface area contributed by atoms with Crippen molar-refractivity contribution in [3.8, 4) is 0 Å². The Kier molecular flexibility index (Phi) is 6.05. The number of hydrogen-bond donors (Lipinski definition) is 2. The van der Waals surface area contributed by atoms with E-state index in [1.165, 1.54) is 6.07 Å². The number of hydrogen-bond acceptors (Lipinski definition) is 2. The summed E-state index contributed by atoms with van der Waals surface area (Å²) in [4.78, 5) is 12.1. The van der Waals surface area contributed by atoms with E-state index in [9.17, 15) is 18.0 Å². The van der Waals surface area contributed by atoms with E-state index in [1.807, 2.05) is 22.6 Å². The zero-order chi connectivity index (χ0) is 17.9. The molecule has 0 saturated heterocycles. The Hall–Kier alpha value is -1.39. The lowest BCUT2D eigenvalue weighted by Gasteiger charge is -2.16. The van der Waals surface area contributed by atoms with Crippen molar-refractivity contribution in [3.05, 3.63) is 62.2 Å². The zero-order valence-electron chi connectivity index (χ0n) is 11.7. The lowest BCUT2D eigenvalue weighted by Crippen LogP contribution is -2.35. The number of anilines is 1. The molecule has 0 aliphatic heterocycles. The number of rotatable bonds is 2. The Labute approximate surface area is 159 Å². The molecule has 0 bridgehead atoms. The van der Waals surface area contributed by atoms with Gasteiger partial charge in [-0.1, -0.05) is 23.7 Å². The van der Waals surface area contributed by atoms with Crippen LogP contribution in [0.2, 0.25) is 5.02 Å². The minimum absolute atomic E-state index is 0.0540. The van der Waals surface area contributed by atoms with E-state index in [2.05, 4.69) is 10.6 Å². The van der Waals surface area contributed by atoms with Gasteiger partial charge in [0.05, 0.1) is 16.8 Å². The summed E-state index contributed by atoms with van der Waals surface area (Å²) in [5.41, 5.74) is -0.893. The van der Waals surface area contributed by atoms with E-state index in [0.29, 0.717) is 9.13 Å². The molecule has 0 spiro atoms. The molecule has 0 aliphatic carbocycles. The standard InChI is InChI=1S/C15H9ClF3IN2OS/c16-8-5-6-12(10(7-8)15(17,18)19)21-14(24)22-13(23)9-3-1-2-4-11(9)20/h1-7H,(H2,21,22,23,24).